The molecule has 0 unspecified atom stereocenters. The number of hydrogen-bond acceptors (Lipinski definition) is 10. The zero-order valence-corrected chi connectivity index (χ0v) is 30.0. The fourth-order valence-electron chi connectivity index (χ4n) is 6.81. The molecule has 2 fully saturated rings. The summed E-state index contributed by atoms with van der Waals surface area (Å²) in [5.74, 6) is 0.670. The topological polar surface area (TPSA) is 130 Å². The van der Waals surface area contributed by atoms with Gasteiger partial charge in [-0.15, -0.1) is 11.3 Å². The van der Waals surface area contributed by atoms with Gasteiger partial charge in [0.15, 0.2) is 0 Å². The number of pyridine rings is 1. The summed E-state index contributed by atoms with van der Waals surface area (Å²) in [6.45, 7) is 7.94. The number of benzene rings is 2. The molecule has 2 amide bonds. The summed E-state index contributed by atoms with van der Waals surface area (Å²) in [7, 11) is 1.95. The van der Waals surface area contributed by atoms with Gasteiger partial charge in [0.1, 0.15) is 23.7 Å². The maximum atomic E-state index is 13.6. The Morgan fingerprint density at radius 2 is 1.73 bits per heavy atom. The lowest BCUT2D eigenvalue weighted by atomic mass is 9.73. The Kier molecular flexibility index (Phi) is 9.89. The number of rotatable bonds is 6. The number of nitrogens with zero attached hydrogens (tertiary/aromatic N) is 4. The second-order valence-electron chi connectivity index (χ2n) is 13.6. The van der Waals surface area contributed by atoms with Gasteiger partial charge in [-0.25, -0.2) is 14.4 Å². The van der Waals surface area contributed by atoms with Crippen LogP contribution in [0.4, 0.5) is 27.6 Å². The lowest BCUT2D eigenvalue weighted by molar-refractivity contribution is -0.000511. The second kappa shape index (κ2) is 14.7. The van der Waals surface area contributed by atoms with Gasteiger partial charge in [0.25, 0.3) is 11.8 Å². The van der Waals surface area contributed by atoms with Crippen LogP contribution in [0.2, 0.25) is 0 Å². The van der Waals surface area contributed by atoms with Gasteiger partial charge in [-0.3, -0.25) is 19.7 Å². The molecule has 8 rings (SSSR count). The van der Waals surface area contributed by atoms with Crippen molar-refractivity contribution in [2.24, 2.45) is 5.41 Å². The third-order valence-corrected chi connectivity index (χ3v) is 10.9. The molecular weight excluding hydrogens is 684 g/mol. The molecule has 13 heteroatoms. The number of aldehydes is 1. The number of aromatic nitrogens is 2. The van der Waals surface area contributed by atoms with Gasteiger partial charge in [-0.1, -0.05) is 0 Å². The maximum Gasteiger partial charge on any atom is 0.301 e. The SMILES string of the molecule is Cc1cnc(N2CC3(CCOCC3)C2)c(C(=O)Nc2ccc(C=O)cc2)c1.Cc1cnc(NC(=O)c2cc3c(s2)-c2ccc(F)cc2N(C)CC3)o1. The van der Waals surface area contributed by atoms with Gasteiger partial charge in [0.2, 0.25) is 0 Å². The summed E-state index contributed by atoms with van der Waals surface area (Å²) in [5, 5.41) is 5.58. The van der Waals surface area contributed by atoms with Crippen molar-refractivity contribution in [2.45, 2.75) is 33.1 Å². The van der Waals surface area contributed by atoms with E-state index < -0.39 is 0 Å². The molecule has 0 aliphatic carbocycles. The number of fused-ring (bicyclic) bond motifs is 3. The van der Waals surface area contributed by atoms with Gasteiger partial charge < -0.3 is 24.3 Å². The van der Waals surface area contributed by atoms with Crippen molar-refractivity contribution in [3.63, 3.8) is 0 Å². The van der Waals surface area contributed by atoms with Gasteiger partial charge in [0, 0.05) is 78.9 Å². The molecule has 0 saturated carbocycles. The fraction of sp³-hybridized carbons (Fsp3) is 0.308. The molecule has 11 nitrogen and oxygen atoms in total. The molecule has 6 heterocycles. The van der Waals surface area contributed by atoms with E-state index in [2.05, 4.69) is 25.5 Å². The molecule has 0 radical (unpaired) electrons. The number of anilines is 4. The maximum absolute atomic E-state index is 13.6. The number of aryl methyl sites for hydroxylation is 2. The monoisotopic (exact) mass is 722 g/mol. The number of amides is 2. The van der Waals surface area contributed by atoms with Crippen molar-refractivity contribution in [3.8, 4) is 10.4 Å². The quantitative estimate of drug-likeness (QED) is 0.175. The number of halogens is 1. The van der Waals surface area contributed by atoms with Crippen LogP contribution in [0.15, 0.2) is 71.4 Å². The molecule has 0 bridgehead atoms. The molecule has 3 aliphatic rings. The Labute approximate surface area is 304 Å². The first kappa shape index (κ1) is 35.0. The van der Waals surface area contributed by atoms with Crippen LogP contribution in [0, 0.1) is 25.1 Å². The first-order valence-corrected chi connectivity index (χ1v) is 17.9. The van der Waals surface area contributed by atoms with Gasteiger partial charge in [-0.2, -0.15) is 0 Å². The van der Waals surface area contributed by atoms with E-state index in [4.69, 9.17) is 9.15 Å². The third kappa shape index (κ3) is 7.46. The zero-order valence-electron chi connectivity index (χ0n) is 29.2. The average Bonchev–Trinajstić information content (AvgIpc) is 3.73. The van der Waals surface area contributed by atoms with Crippen LogP contribution in [-0.4, -0.2) is 68.0 Å². The van der Waals surface area contributed by atoms with E-state index in [-0.39, 0.29) is 23.6 Å². The van der Waals surface area contributed by atoms with Crippen LogP contribution >= 0.6 is 11.3 Å². The highest BCUT2D eigenvalue weighted by Gasteiger charge is 2.45. The average molecular weight is 723 g/mol. The number of likely N-dealkylation sites (N-methyl/N-ethyl adjacent to an activating group) is 1. The summed E-state index contributed by atoms with van der Waals surface area (Å²) in [6, 6.07) is 15.6. The number of nitrogens with one attached hydrogen (secondary N) is 2. The Balaban J connectivity index is 0.000000162. The lowest BCUT2D eigenvalue weighted by Gasteiger charge is -2.53. The molecule has 0 atom stereocenters. The number of hydrogen-bond donors (Lipinski definition) is 2. The van der Waals surface area contributed by atoms with E-state index in [1.54, 1.807) is 55.7 Å². The highest BCUT2D eigenvalue weighted by molar-refractivity contribution is 7.17. The van der Waals surface area contributed by atoms with Gasteiger partial charge >= 0.3 is 6.01 Å². The second-order valence-corrected chi connectivity index (χ2v) is 14.6. The summed E-state index contributed by atoms with van der Waals surface area (Å²) in [5.41, 5.74) is 5.95. The van der Waals surface area contributed by atoms with E-state index >= 15 is 0 Å². The largest absolute Gasteiger partial charge is 0.429 e. The molecular formula is C39H39FN6O5S. The number of ether oxygens (including phenoxy) is 1. The number of carbonyl (C=O) groups excluding carboxylic acids is 3. The molecule has 3 aromatic heterocycles. The van der Waals surface area contributed by atoms with Crippen molar-refractivity contribution in [3.05, 3.63) is 106 Å². The fourth-order valence-corrected chi connectivity index (χ4v) is 7.94. The van der Waals surface area contributed by atoms with Crippen molar-refractivity contribution in [1.82, 2.24) is 9.97 Å². The van der Waals surface area contributed by atoms with Crippen molar-refractivity contribution < 1.29 is 27.9 Å². The summed E-state index contributed by atoms with van der Waals surface area (Å²) >= 11 is 1.40. The minimum Gasteiger partial charge on any atom is -0.429 e. The molecule has 1 spiro atoms. The van der Waals surface area contributed by atoms with Crippen LogP contribution in [0.5, 0.6) is 0 Å². The van der Waals surface area contributed by atoms with Crippen molar-refractivity contribution in [2.75, 3.05) is 60.3 Å². The zero-order chi connectivity index (χ0) is 36.4. The van der Waals surface area contributed by atoms with E-state index in [0.29, 0.717) is 32.9 Å². The van der Waals surface area contributed by atoms with E-state index in [1.807, 2.05) is 31.0 Å². The Morgan fingerprint density at radius 3 is 2.44 bits per heavy atom. The van der Waals surface area contributed by atoms with Crippen LogP contribution in [-0.2, 0) is 11.2 Å². The smallest absolute Gasteiger partial charge is 0.301 e. The highest BCUT2D eigenvalue weighted by Crippen LogP contribution is 2.43. The molecule has 5 aromatic rings. The molecule has 2 saturated heterocycles. The Hall–Kier alpha value is -5.40. The van der Waals surface area contributed by atoms with Crippen molar-refractivity contribution >= 4 is 52.6 Å². The van der Waals surface area contributed by atoms with Crippen LogP contribution in [0.3, 0.4) is 0 Å². The van der Waals surface area contributed by atoms with E-state index in [0.717, 1.165) is 91.5 Å². The molecule has 2 N–H and O–H groups in total. The standard InChI is InChI=1S/C21H23N3O3.C18H16FN3O2S/c1-15-10-18(20(26)23-17-4-2-16(12-25)3-5-17)19(22-11-15)24-13-21(14-24)6-8-27-9-7-21;1-10-9-20-18(24-10)21-17(23)15-7-11-5-6-22(2)14-8-12(19)3-4-13(14)16(11)25-15/h2-5,10-12H,6-9,13-14H2,1H3,(H,23,26);3-4,7-9H,5-6H2,1-2H3,(H,20,21,23). The van der Waals surface area contributed by atoms with Crippen LogP contribution in [0.25, 0.3) is 10.4 Å². The van der Waals surface area contributed by atoms with E-state index in [1.165, 1.54) is 17.4 Å². The predicted molar refractivity (Wildman–Crippen MR) is 199 cm³/mol. The van der Waals surface area contributed by atoms with Crippen LogP contribution < -0.4 is 20.4 Å². The number of thiophene rings is 1. The summed E-state index contributed by atoms with van der Waals surface area (Å²) in [4.78, 5) is 50.5. The van der Waals surface area contributed by atoms with Crippen molar-refractivity contribution in [1.29, 1.82) is 0 Å². The Bertz CT molecular complexity index is 2120. The number of oxazole rings is 1. The Morgan fingerprint density at radius 1 is 0.962 bits per heavy atom. The summed E-state index contributed by atoms with van der Waals surface area (Å²) < 4.78 is 24.4. The molecule has 268 valence electrons. The van der Waals surface area contributed by atoms with Crippen LogP contribution in [0.1, 0.15) is 60.1 Å². The van der Waals surface area contributed by atoms with Gasteiger partial charge in [-0.05, 0) is 98.8 Å². The van der Waals surface area contributed by atoms with Gasteiger partial charge in [0.05, 0.1) is 16.6 Å². The van der Waals surface area contributed by atoms with E-state index in [9.17, 15) is 18.8 Å². The predicted octanol–water partition coefficient (Wildman–Crippen LogP) is 7.17. The normalized spacial score (nSPS) is 15.7. The summed E-state index contributed by atoms with van der Waals surface area (Å²) in [6.07, 6.45) is 7.08. The molecule has 3 aliphatic heterocycles. The highest BCUT2D eigenvalue weighted by atomic mass is 32.1. The third-order valence-electron chi connectivity index (χ3n) is 9.66. The minimum atomic E-state index is -0.261. The lowest BCUT2D eigenvalue weighted by Crippen LogP contribution is -2.59. The molecule has 2 aromatic carbocycles. The first-order chi connectivity index (χ1) is 25.1. The molecule has 52 heavy (non-hydrogen) atoms. The first-order valence-electron chi connectivity index (χ1n) is 17.1. The minimum absolute atomic E-state index is 0.187. The number of carbonyl (C=O) groups is 3.